The number of hydrogen-bond donors (Lipinski definition) is 0. The molecule has 0 atom stereocenters. The third-order valence-electron chi connectivity index (χ3n) is 5.17. The van der Waals surface area contributed by atoms with Gasteiger partial charge in [-0.15, -0.1) is 23.5 Å². The van der Waals surface area contributed by atoms with Crippen LogP contribution in [-0.4, -0.2) is 31.7 Å². The Kier molecular flexibility index (Phi) is 8.18. The lowest BCUT2D eigenvalue weighted by molar-refractivity contribution is -0.143. The number of aryl methyl sites for hydroxylation is 1. The first-order chi connectivity index (χ1) is 14.6. The second-order valence-electron chi connectivity index (χ2n) is 7.08. The fourth-order valence-corrected chi connectivity index (χ4v) is 5.59. The molecule has 0 aromatic heterocycles. The molecule has 0 aliphatic carbocycles. The smallest absolute Gasteiger partial charge is 0.305 e. The van der Waals surface area contributed by atoms with Crippen LogP contribution in [0.1, 0.15) is 48.4 Å². The van der Waals surface area contributed by atoms with Gasteiger partial charge >= 0.3 is 5.97 Å². The normalized spacial score (nSPS) is 14.1. The summed E-state index contributed by atoms with van der Waals surface area (Å²) in [4.78, 5) is 11.5. The highest BCUT2D eigenvalue weighted by atomic mass is 32.2. The molecular formula is C25H28O3S2. The molecule has 0 N–H and O–H groups in total. The van der Waals surface area contributed by atoms with Crippen LogP contribution in [0.25, 0.3) is 0 Å². The number of carbonyl (C=O) groups is 1. The SMILES string of the molecule is CCOC(=O)CCCc1cccc(C#Cc2ccc3c(c2)C(SC)(SC)CCO3)c1. The third kappa shape index (κ3) is 5.56. The van der Waals surface area contributed by atoms with E-state index in [1.165, 1.54) is 11.1 Å². The summed E-state index contributed by atoms with van der Waals surface area (Å²) in [6, 6.07) is 14.5. The van der Waals surface area contributed by atoms with Crippen molar-refractivity contribution in [1.29, 1.82) is 0 Å². The van der Waals surface area contributed by atoms with Crippen molar-refractivity contribution in [3.05, 3.63) is 64.7 Å². The summed E-state index contributed by atoms with van der Waals surface area (Å²) < 4.78 is 10.9. The van der Waals surface area contributed by atoms with Gasteiger partial charge in [0, 0.05) is 29.5 Å². The molecule has 5 heteroatoms. The van der Waals surface area contributed by atoms with Crippen LogP contribution < -0.4 is 4.74 Å². The molecular weight excluding hydrogens is 412 g/mol. The molecule has 2 aromatic rings. The van der Waals surface area contributed by atoms with Crippen molar-refractivity contribution >= 4 is 29.5 Å². The highest BCUT2D eigenvalue weighted by molar-refractivity contribution is 8.16. The lowest BCUT2D eigenvalue weighted by Crippen LogP contribution is -2.26. The molecule has 1 heterocycles. The average Bonchev–Trinajstić information content (AvgIpc) is 2.77. The van der Waals surface area contributed by atoms with Gasteiger partial charge in [0.15, 0.2) is 0 Å². The van der Waals surface area contributed by atoms with Crippen molar-refractivity contribution in [2.75, 3.05) is 25.7 Å². The largest absolute Gasteiger partial charge is 0.493 e. The molecule has 158 valence electrons. The Balaban J connectivity index is 1.73. The molecule has 0 bridgehead atoms. The van der Waals surface area contributed by atoms with Gasteiger partial charge in [0.1, 0.15) is 5.75 Å². The van der Waals surface area contributed by atoms with E-state index in [0.717, 1.165) is 42.7 Å². The molecule has 0 saturated heterocycles. The standard InChI is InChI=1S/C25H28O3S2/c1-4-27-24(26)10-6-9-19-7-5-8-20(17-19)11-12-21-13-14-23-22(18-21)25(29-2,30-3)15-16-28-23/h5,7-8,13-14,17-18H,4,6,9-10,15-16H2,1-3H3. The number of fused-ring (bicyclic) bond motifs is 1. The van der Waals surface area contributed by atoms with E-state index in [1.54, 1.807) is 0 Å². The van der Waals surface area contributed by atoms with Crippen molar-refractivity contribution in [2.45, 2.75) is 36.7 Å². The highest BCUT2D eigenvalue weighted by Gasteiger charge is 2.36. The monoisotopic (exact) mass is 440 g/mol. The molecule has 0 saturated carbocycles. The Morgan fingerprint density at radius 2 is 1.90 bits per heavy atom. The summed E-state index contributed by atoms with van der Waals surface area (Å²) in [6.45, 7) is 3.02. The van der Waals surface area contributed by atoms with Gasteiger partial charge in [0.2, 0.25) is 0 Å². The number of thioether (sulfide) groups is 2. The van der Waals surface area contributed by atoms with Crippen LogP contribution in [-0.2, 0) is 20.0 Å². The topological polar surface area (TPSA) is 35.5 Å². The Bertz CT molecular complexity index is 939. The number of benzene rings is 2. The van der Waals surface area contributed by atoms with Gasteiger partial charge in [-0.25, -0.2) is 0 Å². The van der Waals surface area contributed by atoms with E-state index in [1.807, 2.05) is 54.7 Å². The summed E-state index contributed by atoms with van der Waals surface area (Å²) in [5.74, 6) is 7.46. The zero-order chi connectivity index (χ0) is 21.4. The molecule has 30 heavy (non-hydrogen) atoms. The van der Waals surface area contributed by atoms with Crippen LogP contribution in [0.2, 0.25) is 0 Å². The predicted molar refractivity (Wildman–Crippen MR) is 127 cm³/mol. The molecule has 1 aliphatic rings. The summed E-state index contributed by atoms with van der Waals surface area (Å²) in [5, 5.41) is 0. The first-order valence-corrected chi connectivity index (χ1v) is 12.7. The lowest BCUT2D eigenvalue weighted by atomic mass is 10.0. The Hall–Kier alpha value is -2.03. The van der Waals surface area contributed by atoms with E-state index in [-0.39, 0.29) is 10.0 Å². The van der Waals surface area contributed by atoms with Crippen molar-refractivity contribution in [2.24, 2.45) is 0 Å². The van der Waals surface area contributed by atoms with Crippen LogP contribution in [0.15, 0.2) is 42.5 Å². The fourth-order valence-electron chi connectivity index (χ4n) is 3.59. The molecule has 1 aliphatic heterocycles. The molecule has 0 radical (unpaired) electrons. The van der Waals surface area contributed by atoms with Crippen molar-refractivity contribution in [3.63, 3.8) is 0 Å². The number of carbonyl (C=O) groups excluding carboxylic acids is 1. The first kappa shape index (κ1) is 22.7. The number of esters is 1. The van der Waals surface area contributed by atoms with E-state index in [9.17, 15) is 4.79 Å². The van der Waals surface area contributed by atoms with Gasteiger partial charge in [-0.1, -0.05) is 24.0 Å². The Morgan fingerprint density at radius 1 is 1.13 bits per heavy atom. The van der Waals surface area contributed by atoms with E-state index in [2.05, 4.69) is 42.6 Å². The van der Waals surface area contributed by atoms with Crippen molar-refractivity contribution in [1.82, 2.24) is 0 Å². The van der Waals surface area contributed by atoms with Crippen LogP contribution in [0.4, 0.5) is 0 Å². The van der Waals surface area contributed by atoms with Gasteiger partial charge in [-0.05, 0) is 68.2 Å². The van der Waals surface area contributed by atoms with E-state index < -0.39 is 0 Å². The van der Waals surface area contributed by atoms with Gasteiger partial charge in [0.25, 0.3) is 0 Å². The Morgan fingerprint density at radius 3 is 2.63 bits per heavy atom. The number of rotatable bonds is 7. The maximum absolute atomic E-state index is 11.5. The van der Waals surface area contributed by atoms with Gasteiger partial charge in [-0.2, -0.15) is 0 Å². The van der Waals surface area contributed by atoms with Crippen molar-refractivity contribution < 1.29 is 14.3 Å². The van der Waals surface area contributed by atoms with Crippen LogP contribution >= 0.6 is 23.5 Å². The second kappa shape index (κ2) is 10.8. The maximum Gasteiger partial charge on any atom is 0.305 e. The van der Waals surface area contributed by atoms with Crippen LogP contribution in [0.3, 0.4) is 0 Å². The van der Waals surface area contributed by atoms with Crippen LogP contribution in [0, 0.1) is 11.8 Å². The summed E-state index contributed by atoms with van der Waals surface area (Å²) in [5.41, 5.74) is 4.40. The number of hydrogen-bond acceptors (Lipinski definition) is 5. The van der Waals surface area contributed by atoms with Gasteiger partial charge < -0.3 is 9.47 Å². The lowest BCUT2D eigenvalue weighted by Gasteiger charge is -2.36. The van der Waals surface area contributed by atoms with Crippen molar-refractivity contribution in [3.8, 4) is 17.6 Å². The van der Waals surface area contributed by atoms with E-state index in [4.69, 9.17) is 9.47 Å². The van der Waals surface area contributed by atoms with Crippen LogP contribution in [0.5, 0.6) is 5.75 Å². The number of ether oxygens (including phenoxy) is 2. The minimum atomic E-state index is -0.128. The fraction of sp³-hybridized carbons (Fsp3) is 0.400. The van der Waals surface area contributed by atoms with Gasteiger partial charge in [-0.3, -0.25) is 4.79 Å². The second-order valence-corrected chi connectivity index (χ2v) is 9.55. The predicted octanol–water partition coefficient (Wildman–Crippen LogP) is 5.63. The zero-order valence-electron chi connectivity index (χ0n) is 17.8. The molecule has 3 rings (SSSR count). The van der Waals surface area contributed by atoms with Gasteiger partial charge in [0.05, 0.1) is 17.3 Å². The molecule has 2 aromatic carbocycles. The quantitative estimate of drug-likeness (QED) is 0.317. The molecule has 0 amide bonds. The highest BCUT2D eigenvalue weighted by Crippen LogP contribution is 2.52. The first-order valence-electron chi connectivity index (χ1n) is 10.2. The molecule has 0 spiro atoms. The average molecular weight is 441 g/mol. The third-order valence-corrected chi connectivity index (χ3v) is 8.33. The maximum atomic E-state index is 11.5. The summed E-state index contributed by atoms with van der Waals surface area (Å²) >= 11 is 3.75. The zero-order valence-corrected chi connectivity index (χ0v) is 19.5. The van der Waals surface area contributed by atoms with E-state index >= 15 is 0 Å². The molecule has 0 unspecified atom stereocenters. The minimum Gasteiger partial charge on any atom is -0.493 e. The molecule has 3 nitrogen and oxygen atoms in total. The Labute approximate surface area is 188 Å². The molecule has 0 fully saturated rings. The summed E-state index contributed by atoms with van der Waals surface area (Å²) in [7, 11) is 0. The minimum absolute atomic E-state index is 0.0319. The van der Waals surface area contributed by atoms with E-state index in [0.29, 0.717) is 13.0 Å². The summed E-state index contributed by atoms with van der Waals surface area (Å²) in [6.07, 6.45) is 7.40.